The van der Waals surface area contributed by atoms with E-state index < -0.39 is 0 Å². The van der Waals surface area contributed by atoms with Crippen molar-refractivity contribution >= 4 is 5.97 Å². The summed E-state index contributed by atoms with van der Waals surface area (Å²) in [6, 6.07) is 11.1. The molecular formula is C17H26N2O2. The molecule has 4 nitrogen and oxygen atoms in total. The number of likely N-dealkylation sites (tertiary alicyclic amines) is 1. The van der Waals surface area contributed by atoms with E-state index in [-0.39, 0.29) is 5.97 Å². The van der Waals surface area contributed by atoms with E-state index in [0.29, 0.717) is 25.6 Å². The van der Waals surface area contributed by atoms with Crippen molar-refractivity contribution in [3.05, 3.63) is 35.9 Å². The molecule has 1 atom stereocenters. The monoisotopic (exact) mass is 290 g/mol. The van der Waals surface area contributed by atoms with Crippen LogP contribution < -0.4 is 5.32 Å². The summed E-state index contributed by atoms with van der Waals surface area (Å²) in [6.07, 6.45) is 2.86. The van der Waals surface area contributed by atoms with Gasteiger partial charge in [-0.2, -0.15) is 0 Å². The number of hydrogen-bond acceptors (Lipinski definition) is 4. The summed E-state index contributed by atoms with van der Waals surface area (Å²) in [5.41, 5.74) is 1.37. The van der Waals surface area contributed by atoms with Gasteiger partial charge in [-0.1, -0.05) is 30.3 Å². The third-order valence-corrected chi connectivity index (χ3v) is 3.82. The van der Waals surface area contributed by atoms with Gasteiger partial charge in [-0.25, -0.2) is 0 Å². The molecule has 0 aliphatic carbocycles. The predicted molar refractivity (Wildman–Crippen MR) is 84.0 cm³/mol. The first-order valence-corrected chi connectivity index (χ1v) is 7.93. The van der Waals surface area contributed by atoms with Crippen LogP contribution in [-0.4, -0.2) is 43.2 Å². The average molecular weight is 290 g/mol. The molecule has 0 radical (unpaired) electrons. The summed E-state index contributed by atoms with van der Waals surface area (Å²) in [5.74, 6) is -0.109. The zero-order chi connectivity index (χ0) is 14.9. The molecule has 1 unspecified atom stereocenters. The molecule has 1 fully saturated rings. The van der Waals surface area contributed by atoms with Crippen LogP contribution in [0.1, 0.15) is 31.7 Å². The second-order valence-electron chi connectivity index (χ2n) is 5.57. The first-order valence-electron chi connectivity index (χ1n) is 7.93. The van der Waals surface area contributed by atoms with Crippen molar-refractivity contribution in [3.8, 4) is 0 Å². The van der Waals surface area contributed by atoms with Crippen LogP contribution in [0.2, 0.25) is 0 Å². The maximum atomic E-state index is 11.3. The highest BCUT2D eigenvalue weighted by Gasteiger charge is 2.19. The van der Waals surface area contributed by atoms with Crippen LogP contribution in [0.3, 0.4) is 0 Å². The summed E-state index contributed by atoms with van der Waals surface area (Å²) < 4.78 is 4.94. The Morgan fingerprint density at radius 2 is 2.19 bits per heavy atom. The number of rotatable bonds is 7. The maximum Gasteiger partial charge on any atom is 0.307 e. The van der Waals surface area contributed by atoms with Crippen LogP contribution in [0.25, 0.3) is 0 Å². The van der Waals surface area contributed by atoms with Gasteiger partial charge in [-0.3, -0.25) is 9.69 Å². The van der Waals surface area contributed by atoms with Crippen LogP contribution in [0, 0.1) is 0 Å². The fourth-order valence-corrected chi connectivity index (χ4v) is 2.82. The lowest BCUT2D eigenvalue weighted by Crippen LogP contribution is -2.45. The Morgan fingerprint density at radius 1 is 1.38 bits per heavy atom. The number of hydrogen-bond donors (Lipinski definition) is 1. The molecule has 21 heavy (non-hydrogen) atoms. The minimum absolute atomic E-state index is 0.109. The Morgan fingerprint density at radius 3 is 2.95 bits per heavy atom. The SMILES string of the molecule is CCOC(=O)CCNC1CCCN(Cc2ccccc2)C1. The van der Waals surface area contributed by atoms with E-state index in [2.05, 4.69) is 40.5 Å². The van der Waals surface area contributed by atoms with Gasteiger partial charge in [-0.15, -0.1) is 0 Å². The molecule has 1 N–H and O–H groups in total. The van der Waals surface area contributed by atoms with E-state index in [4.69, 9.17) is 4.74 Å². The molecule has 0 saturated carbocycles. The van der Waals surface area contributed by atoms with Crippen LogP contribution in [0.4, 0.5) is 0 Å². The molecule has 1 heterocycles. The van der Waals surface area contributed by atoms with Crippen molar-refractivity contribution < 1.29 is 9.53 Å². The van der Waals surface area contributed by atoms with Gasteiger partial charge in [0.05, 0.1) is 13.0 Å². The first-order chi connectivity index (χ1) is 10.3. The Labute approximate surface area is 127 Å². The number of nitrogens with zero attached hydrogens (tertiary/aromatic N) is 1. The van der Waals surface area contributed by atoms with E-state index >= 15 is 0 Å². The molecule has 0 aromatic heterocycles. The van der Waals surface area contributed by atoms with Gasteiger partial charge in [0.1, 0.15) is 0 Å². The summed E-state index contributed by atoms with van der Waals surface area (Å²) in [7, 11) is 0. The van der Waals surface area contributed by atoms with E-state index in [0.717, 1.165) is 19.6 Å². The van der Waals surface area contributed by atoms with Crippen LogP contribution in [0.5, 0.6) is 0 Å². The van der Waals surface area contributed by atoms with Gasteiger partial charge in [0.25, 0.3) is 0 Å². The van der Waals surface area contributed by atoms with Crippen LogP contribution in [0.15, 0.2) is 30.3 Å². The number of nitrogens with one attached hydrogen (secondary N) is 1. The van der Waals surface area contributed by atoms with Gasteiger partial charge >= 0.3 is 5.97 Å². The standard InChI is InChI=1S/C17H26N2O2/c1-2-21-17(20)10-11-18-16-9-6-12-19(14-16)13-15-7-4-3-5-8-15/h3-5,7-8,16,18H,2,6,9-14H2,1H3. The number of carbonyl (C=O) groups excluding carboxylic acids is 1. The van der Waals surface area contributed by atoms with Gasteiger partial charge < -0.3 is 10.1 Å². The second kappa shape index (κ2) is 8.80. The normalized spacial score (nSPS) is 19.4. The van der Waals surface area contributed by atoms with Crippen molar-refractivity contribution in [2.45, 2.75) is 38.8 Å². The molecule has 1 aromatic carbocycles. The van der Waals surface area contributed by atoms with Crippen LogP contribution >= 0.6 is 0 Å². The number of carbonyl (C=O) groups is 1. The summed E-state index contributed by atoms with van der Waals surface area (Å²) in [4.78, 5) is 13.8. The molecular weight excluding hydrogens is 264 g/mol. The molecule has 0 bridgehead atoms. The molecule has 1 aromatic rings. The van der Waals surface area contributed by atoms with Crippen molar-refractivity contribution in [2.24, 2.45) is 0 Å². The number of ether oxygens (including phenoxy) is 1. The Bertz CT molecular complexity index is 422. The molecule has 4 heteroatoms. The fourth-order valence-electron chi connectivity index (χ4n) is 2.82. The van der Waals surface area contributed by atoms with Gasteiger partial charge in [0, 0.05) is 25.7 Å². The highest BCUT2D eigenvalue weighted by molar-refractivity contribution is 5.69. The van der Waals surface area contributed by atoms with Crippen molar-refractivity contribution in [2.75, 3.05) is 26.2 Å². The van der Waals surface area contributed by atoms with Gasteiger partial charge in [0.2, 0.25) is 0 Å². The number of benzene rings is 1. The third-order valence-electron chi connectivity index (χ3n) is 3.82. The minimum atomic E-state index is -0.109. The zero-order valence-electron chi connectivity index (χ0n) is 12.9. The largest absolute Gasteiger partial charge is 0.466 e. The van der Waals surface area contributed by atoms with E-state index in [1.165, 1.54) is 18.4 Å². The fraction of sp³-hybridized carbons (Fsp3) is 0.588. The molecule has 1 saturated heterocycles. The average Bonchev–Trinajstić information content (AvgIpc) is 2.49. The molecule has 1 aliphatic rings. The lowest BCUT2D eigenvalue weighted by atomic mass is 10.0. The molecule has 0 spiro atoms. The number of piperidine rings is 1. The van der Waals surface area contributed by atoms with E-state index in [9.17, 15) is 4.79 Å². The predicted octanol–water partition coefficient (Wildman–Crippen LogP) is 2.19. The van der Waals surface area contributed by atoms with E-state index in [1.807, 2.05) is 6.92 Å². The molecule has 116 valence electrons. The van der Waals surface area contributed by atoms with Gasteiger partial charge in [0.15, 0.2) is 0 Å². The smallest absolute Gasteiger partial charge is 0.307 e. The molecule has 1 aliphatic heterocycles. The maximum absolute atomic E-state index is 11.3. The van der Waals surface area contributed by atoms with Crippen molar-refractivity contribution in [1.29, 1.82) is 0 Å². The summed E-state index contributed by atoms with van der Waals surface area (Å²) in [5, 5.41) is 3.48. The Balaban J connectivity index is 1.69. The van der Waals surface area contributed by atoms with Crippen LogP contribution in [-0.2, 0) is 16.1 Å². The quantitative estimate of drug-likeness (QED) is 0.782. The second-order valence-corrected chi connectivity index (χ2v) is 5.57. The molecule has 2 rings (SSSR count). The topological polar surface area (TPSA) is 41.6 Å². The lowest BCUT2D eigenvalue weighted by Gasteiger charge is -2.33. The number of esters is 1. The summed E-state index contributed by atoms with van der Waals surface area (Å²) >= 11 is 0. The Hall–Kier alpha value is -1.39. The lowest BCUT2D eigenvalue weighted by molar-refractivity contribution is -0.143. The molecule has 0 amide bonds. The van der Waals surface area contributed by atoms with Crippen molar-refractivity contribution in [1.82, 2.24) is 10.2 Å². The first kappa shape index (κ1) is 16.0. The zero-order valence-corrected chi connectivity index (χ0v) is 12.9. The van der Waals surface area contributed by atoms with Gasteiger partial charge in [-0.05, 0) is 31.9 Å². The van der Waals surface area contributed by atoms with E-state index in [1.54, 1.807) is 0 Å². The van der Waals surface area contributed by atoms with Crippen molar-refractivity contribution in [3.63, 3.8) is 0 Å². The summed E-state index contributed by atoms with van der Waals surface area (Å²) in [6.45, 7) is 6.24. The minimum Gasteiger partial charge on any atom is -0.466 e. The highest BCUT2D eigenvalue weighted by atomic mass is 16.5. The Kier molecular flexibility index (Phi) is 6.70. The highest BCUT2D eigenvalue weighted by Crippen LogP contribution is 2.13. The third kappa shape index (κ3) is 5.86.